The highest BCUT2D eigenvalue weighted by molar-refractivity contribution is 5.90. The molecule has 0 bridgehead atoms. The summed E-state index contributed by atoms with van der Waals surface area (Å²) < 4.78 is 3.79. The molecule has 0 spiro atoms. The van der Waals surface area contributed by atoms with E-state index in [2.05, 4.69) is 25.3 Å². The van der Waals surface area contributed by atoms with Crippen LogP contribution in [0.2, 0.25) is 0 Å². The van der Waals surface area contributed by atoms with E-state index in [1.165, 1.54) is 0 Å². The Morgan fingerprint density at radius 3 is 2.96 bits per heavy atom. The van der Waals surface area contributed by atoms with Crippen LogP contribution in [0.5, 0.6) is 0 Å². The van der Waals surface area contributed by atoms with E-state index in [-0.39, 0.29) is 0 Å². The molecule has 0 saturated carbocycles. The third kappa shape index (κ3) is 1.92. The van der Waals surface area contributed by atoms with Crippen LogP contribution in [0.1, 0.15) is 6.42 Å². The molecule has 0 unspecified atom stereocenters. The van der Waals surface area contributed by atoms with Gasteiger partial charge in [-0.2, -0.15) is 15.3 Å². The van der Waals surface area contributed by atoms with Crippen molar-refractivity contribution in [2.24, 2.45) is 7.05 Å². The molecule has 0 fully saturated rings. The van der Waals surface area contributed by atoms with Gasteiger partial charge in [-0.05, 0) is 18.6 Å². The minimum atomic E-state index is 0.825. The van der Waals surface area contributed by atoms with E-state index in [9.17, 15) is 0 Å². The fourth-order valence-electron chi connectivity index (χ4n) is 3.24. The quantitative estimate of drug-likeness (QED) is 0.612. The second-order valence-electron chi connectivity index (χ2n) is 5.96. The number of aryl methyl sites for hydroxylation is 2. The molecule has 8 nitrogen and oxygen atoms in total. The van der Waals surface area contributed by atoms with Crippen molar-refractivity contribution in [2.75, 3.05) is 11.4 Å². The molecule has 8 heteroatoms. The Kier molecular flexibility index (Phi) is 2.72. The first-order valence-electron chi connectivity index (χ1n) is 7.93. The zero-order chi connectivity index (χ0) is 16.1. The molecule has 1 aliphatic rings. The summed E-state index contributed by atoms with van der Waals surface area (Å²) in [6.07, 6.45) is 6.64. The topological polar surface area (TPSA) is 80.5 Å². The van der Waals surface area contributed by atoms with Gasteiger partial charge in [-0.15, -0.1) is 0 Å². The van der Waals surface area contributed by atoms with Crippen LogP contribution < -0.4 is 4.90 Å². The summed E-state index contributed by atoms with van der Waals surface area (Å²) in [5, 5.41) is 16.1. The number of pyridine rings is 1. The number of nitrogens with zero attached hydrogens (tertiary/aromatic N) is 7. The van der Waals surface area contributed by atoms with Gasteiger partial charge in [-0.1, -0.05) is 0 Å². The molecule has 5 heterocycles. The molecule has 4 aromatic heterocycles. The van der Waals surface area contributed by atoms with E-state index in [1.54, 1.807) is 10.9 Å². The predicted molar refractivity (Wildman–Crippen MR) is 89.9 cm³/mol. The van der Waals surface area contributed by atoms with Crippen molar-refractivity contribution in [1.29, 1.82) is 0 Å². The number of H-pyrrole nitrogens is 1. The second kappa shape index (κ2) is 4.92. The van der Waals surface area contributed by atoms with Gasteiger partial charge in [0.1, 0.15) is 22.8 Å². The minimum Gasteiger partial charge on any atom is -0.311 e. The van der Waals surface area contributed by atoms with Crippen molar-refractivity contribution in [1.82, 2.24) is 34.7 Å². The van der Waals surface area contributed by atoms with Gasteiger partial charge in [0, 0.05) is 38.0 Å². The summed E-state index contributed by atoms with van der Waals surface area (Å²) in [5.41, 5.74) is 3.56. The average Bonchev–Trinajstić information content (AvgIpc) is 3.32. The lowest BCUT2D eigenvalue weighted by molar-refractivity contribution is 0.540. The molecule has 0 atom stereocenters. The normalized spacial score (nSPS) is 14.3. The van der Waals surface area contributed by atoms with Gasteiger partial charge in [0.05, 0.1) is 17.9 Å². The fraction of sp³-hybridized carbons (Fsp3) is 0.250. The number of aromatic nitrogens is 7. The van der Waals surface area contributed by atoms with Gasteiger partial charge in [-0.3, -0.25) is 9.78 Å². The summed E-state index contributed by atoms with van der Waals surface area (Å²) in [7, 11) is 1.89. The van der Waals surface area contributed by atoms with E-state index < -0.39 is 0 Å². The van der Waals surface area contributed by atoms with E-state index in [0.29, 0.717) is 0 Å². The van der Waals surface area contributed by atoms with Crippen molar-refractivity contribution in [3.05, 3.63) is 36.8 Å². The van der Waals surface area contributed by atoms with Crippen LogP contribution in [0.25, 0.3) is 22.3 Å². The Hall–Kier alpha value is -3.16. The van der Waals surface area contributed by atoms with E-state index in [1.807, 2.05) is 42.3 Å². The molecule has 0 aliphatic carbocycles. The number of fused-ring (bicyclic) bond motifs is 2. The van der Waals surface area contributed by atoms with E-state index in [4.69, 9.17) is 4.98 Å². The number of hydrogen-bond donors (Lipinski definition) is 1. The third-order valence-corrected chi connectivity index (χ3v) is 4.37. The number of nitrogens with one attached hydrogen (secondary N) is 1. The minimum absolute atomic E-state index is 0.825. The zero-order valence-electron chi connectivity index (χ0n) is 13.2. The van der Waals surface area contributed by atoms with Crippen molar-refractivity contribution in [3.63, 3.8) is 0 Å². The van der Waals surface area contributed by atoms with Crippen LogP contribution >= 0.6 is 0 Å². The molecule has 4 aromatic rings. The van der Waals surface area contributed by atoms with Gasteiger partial charge < -0.3 is 4.90 Å². The van der Waals surface area contributed by atoms with Crippen LogP contribution in [0.4, 0.5) is 11.6 Å². The van der Waals surface area contributed by atoms with Crippen molar-refractivity contribution in [2.45, 2.75) is 13.0 Å². The second-order valence-corrected chi connectivity index (χ2v) is 5.96. The maximum absolute atomic E-state index is 4.88. The highest BCUT2D eigenvalue weighted by atomic mass is 15.4. The van der Waals surface area contributed by atoms with Crippen molar-refractivity contribution in [3.8, 4) is 11.3 Å². The molecule has 24 heavy (non-hydrogen) atoms. The lowest BCUT2D eigenvalue weighted by Crippen LogP contribution is -2.28. The number of anilines is 2. The van der Waals surface area contributed by atoms with Crippen molar-refractivity contribution >= 4 is 22.7 Å². The predicted octanol–water partition coefficient (Wildman–Crippen LogP) is 2.10. The highest BCUT2D eigenvalue weighted by Gasteiger charge is 2.21. The molecule has 0 radical (unpaired) electrons. The van der Waals surface area contributed by atoms with Crippen LogP contribution in [-0.4, -0.2) is 41.3 Å². The first-order valence-corrected chi connectivity index (χ1v) is 7.93. The lowest BCUT2D eigenvalue weighted by Gasteiger charge is -2.28. The molecule has 120 valence electrons. The van der Waals surface area contributed by atoms with Gasteiger partial charge in [0.2, 0.25) is 0 Å². The van der Waals surface area contributed by atoms with Gasteiger partial charge in [0.25, 0.3) is 0 Å². The summed E-state index contributed by atoms with van der Waals surface area (Å²) in [6.45, 7) is 1.89. The van der Waals surface area contributed by atoms with Crippen LogP contribution in [-0.2, 0) is 13.6 Å². The molecular weight excluding hydrogens is 304 g/mol. The SMILES string of the molecule is Cn1cc(-c2n[nH]c3ccc(N4CCCn5nccc54)nc23)cn1. The fourth-order valence-corrected chi connectivity index (χ4v) is 3.24. The molecule has 0 aromatic carbocycles. The Bertz CT molecular complexity index is 1020. The largest absolute Gasteiger partial charge is 0.311 e. The summed E-state index contributed by atoms with van der Waals surface area (Å²) >= 11 is 0. The van der Waals surface area contributed by atoms with Crippen LogP contribution in [0, 0.1) is 0 Å². The smallest absolute Gasteiger partial charge is 0.135 e. The molecule has 0 amide bonds. The van der Waals surface area contributed by atoms with Crippen LogP contribution in [0.15, 0.2) is 36.8 Å². The van der Waals surface area contributed by atoms with Crippen LogP contribution in [0.3, 0.4) is 0 Å². The van der Waals surface area contributed by atoms with Gasteiger partial charge in [-0.25, -0.2) is 9.67 Å². The Balaban J connectivity index is 1.64. The monoisotopic (exact) mass is 320 g/mol. The Labute approximate surface area is 137 Å². The summed E-state index contributed by atoms with van der Waals surface area (Å²) in [6, 6.07) is 6.08. The maximum Gasteiger partial charge on any atom is 0.135 e. The van der Waals surface area contributed by atoms with Gasteiger partial charge >= 0.3 is 0 Å². The Morgan fingerprint density at radius 2 is 2.08 bits per heavy atom. The highest BCUT2D eigenvalue weighted by Crippen LogP contribution is 2.31. The van der Waals surface area contributed by atoms with Gasteiger partial charge in [0.15, 0.2) is 0 Å². The number of hydrogen-bond acceptors (Lipinski definition) is 5. The molecule has 1 N–H and O–H groups in total. The first kappa shape index (κ1) is 13.3. The van der Waals surface area contributed by atoms with E-state index in [0.717, 1.165) is 53.4 Å². The molecular formula is C16H16N8. The molecule has 0 saturated heterocycles. The van der Waals surface area contributed by atoms with E-state index >= 15 is 0 Å². The third-order valence-electron chi connectivity index (χ3n) is 4.37. The molecule has 1 aliphatic heterocycles. The maximum atomic E-state index is 4.88. The summed E-state index contributed by atoms with van der Waals surface area (Å²) in [5.74, 6) is 2.00. The Morgan fingerprint density at radius 1 is 1.12 bits per heavy atom. The molecule has 5 rings (SSSR count). The summed E-state index contributed by atoms with van der Waals surface area (Å²) in [4.78, 5) is 7.08. The average molecular weight is 320 g/mol. The zero-order valence-corrected chi connectivity index (χ0v) is 13.2. The number of rotatable bonds is 2. The first-order chi connectivity index (χ1) is 11.8. The number of aromatic amines is 1. The van der Waals surface area contributed by atoms with Crippen molar-refractivity contribution < 1.29 is 0 Å². The lowest BCUT2D eigenvalue weighted by atomic mass is 10.2. The standard InChI is InChI=1S/C16H16N8/c1-22-10-11(9-18-22)15-16-12(20-21-15)3-4-13(19-16)23-7-2-8-24-14(23)5-6-17-24/h3-6,9-10H,2,7-8H2,1H3,(H,20,21).